The summed E-state index contributed by atoms with van der Waals surface area (Å²) in [6.07, 6.45) is 3.04. The Morgan fingerprint density at radius 3 is 2.80 bits per heavy atom. The van der Waals surface area contributed by atoms with Crippen LogP contribution in [0.5, 0.6) is 0 Å². The fourth-order valence-corrected chi connectivity index (χ4v) is 3.63. The summed E-state index contributed by atoms with van der Waals surface area (Å²) in [5.41, 5.74) is 6.42. The van der Waals surface area contributed by atoms with Crippen LogP contribution >= 0.6 is 0 Å². The molecule has 0 saturated heterocycles. The highest BCUT2D eigenvalue weighted by Crippen LogP contribution is 2.27. The van der Waals surface area contributed by atoms with Crippen LogP contribution in [0.1, 0.15) is 49.1 Å². The first-order valence-electron chi connectivity index (χ1n) is 9.05. The van der Waals surface area contributed by atoms with Gasteiger partial charge in [0, 0.05) is 65.5 Å². The quantitative estimate of drug-likeness (QED) is 0.766. The number of hydrogen-bond donors (Lipinski definition) is 1. The van der Waals surface area contributed by atoms with Crippen molar-refractivity contribution >= 4 is 10.9 Å². The van der Waals surface area contributed by atoms with Crippen molar-refractivity contribution in [2.75, 3.05) is 6.54 Å². The lowest BCUT2D eigenvalue weighted by molar-refractivity contribution is 0.242. The smallest absolute Gasteiger partial charge is 0.133 e. The molecule has 0 bridgehead atoms. The van der Waals surface area contributed by atoms with E-state index in [1.165, 1.54) is 33.4 Å². The summed E-state index contributed by atoms with van der Waals surface area (Å²) in [6, 6.07) is 8.57. The first-order valence-corrected chi connectivity index (χ1v) is 9.05. The minimum absolute atomic E-state index is 0.00726. The molecule has 1 N–H and O–H groups in total. The number of para-hydroxylation sites is 1. The van der Waals surface area contributed by atoms with Gasteiger partial charge in [-0.3, -0.25) is 4.90 Å². The molecule has 0 radical (unpaired) electrons. The van der Waals surface area contributed by atoms with Gasteiger partial charge in [-0.25, -0.2) is 9.97 Å². The normalized spacial score (nSPS) is 15.5. The summed E-state index contributed by atoms with van der Waals surface area (Å²) in [5, 5.41) is 1.34. The van der Waals surface area contributed by atoms with Crippen molar-refractivity contribution < 1.29 is 0 Å². The molecule has 0 unspecified atom stereocenters. The predicted molar refractivity (Wildman–Crippen MR) is 102 cm³/mol. The van der Waals surface area contributed by atoms with E-state index in [-0.39, 0.29) is 5.41 Å². The van der Waals surface area contributed by atoms with Gasteiger partial charge in [0.15, 0.2) is 0 Å². The number of H-pyrrole nitrogens is 1. The van der Waals surface area contributed by atoms with Crippen LogP contribution in [-0.2, 0) is 24.9 Å². The molecular weight excluding hydrogens is 308 g/mol. The molecular formula is C21H26N4. The molecule has 0 atom stereocenters. The largest absolute Gasteiger partial charge is 0.358 e. The standard InChI is InChI=1S/C21H26N4/c1-14-17(16-7-5-6-8-19(16)23-14)13-25-10-9-18-15(12-25)11-22-20(24-18)21(2,3)4/h5-8,11,23H,9-10,12-13H2,1-4H3. The van der Waals surface area contributed by atoms with Crippen LogP contribution in [0.25, 0.3) is 10.9 Å². The molecule has 0 amide bonds. The van der Waals surface area contributed by atoms with Gasteiger partial charge in [0.1, 0.15) is 5.82 Å². The molecule has 0 saturated carbocycles. The van der Waals surface area contributed by atoms with Gasteiger partial charge >= 0.3 is 0 Å². The average molecular weight is 334 g/mol. The monoisotopic (exact) mass is 334 g/mol. The summed E-state index contributed by atoms with van der Waals surface area (Å²) in [5.74, 6) is 0.951. The van der Waals surface area contributed by atoms with Gasteiger partial charge in [-0.15, -0.1) is 0 Å². The predicted octanol–water partition coefficient (Wildman–Crippen LogP) is 4.12. The first-order chi connectivity index (χ1) is 11.9. The molecule has 4 rings (SSSR count). The average Bonchev–Trinajstić information content (AvgIpc) is 2.89. The Labute approximate surface area is 149 Å². The number of rotatable bonds is 2. The zero-order chi connectivity index (χ0) is 17.6. The zero-order valence-corrected chi connectivity index (χ0v) is 15.6. The number of aromatic amines is 1. The summed E-state index contributed by atoms with van der Waals surface area (Å²) in [6.45, 7) is 11.6. The third-order valence-electron chi connectivity index (χ3n) is 5.09. The maximum absolute atomic E-state index is 4.84. The Bertz CT molecular complexity index is 917. The number of fused-ring (bicyclic) bond motifs is 2. The topological polar surface area (TPSA) is 44.8 Å². The SMILES string of the molecule is Cc1[nH]c2ccccc2c1CN1CCc2nc(C(C)(C)C)ncc2C1. The minimum Gasteiger partial charge on any atom is -0.358 e. The van der Waals surface area contributed by atoms with Crippen molar-refractivity contribution in [3.05, 3.63) is 58.8 Å². The highest BCUT2D eigenvalue weighted by atomic mass is 15.1. The Balaban J connectivity index is 1.57. The Hall–Kier alpha value is -2.20. The fraction of sp³-hybridized carbons (Fsp3) is 0.429. The minimum atomic E-state index is 0.00726. The van der Waals surface area contributed by atoms with Gasteiger partial charge in [0.2, 0.25) is 0 Å². The lowest BCUT2D eigenvalue weighted by atomic mass is 9.95. The van der Waals surface area contributed by atoms with Crippen molar-refractivity contribution in [1.29, 1.82) is 0 Å². The Morgan fingerprint density at radius 1 is 1.20 bits per heavy atom. The van der Waals surface area contributed by atoms with Crippen LogP contribution in [0, 0.1) is 6.92 Å². The molecule has 1 aromatic carbocycles. The molecule has 2 aromatic heterocycles. The van der Waals surface area contributed by atoms with Crippen LogP contribution < -0.4 is 0 Å². The van der Waals surface area contributed by atoms with E-state index in [1.54, 1.807) is 0 Å². The second-order valence-electron chi connectivity index (χ2n) is 8.15. The highest BCUT2D eigenvalue weighted by Gasteiger charge is 2.23. The van der Waals surface area contributed by atoms with E-state index >= 15 is 0 Å². The van der Waals surface area contributed by atoms with Crippen LogP contribution in [0.2, 0.25) is 0 Å². The maximum atomic E-state index is 4.84. The zero-order valence-electron chi connectivity index (χ0n) is 15.6. The van der Waals surface area contributed by atoms with Crippen molar-refractivity contribution in [3.8, 4) is 0 Å². The molecule has 0 spiro atoms. The van der Waals surface area contributed by atoms with Crippen LogP contribution in [0.4, 0.5) is 0 Å². The molecule has 1 aliphatic rings. The molecule has 0 fully saturated rings. The first kappa shape index (κ1) is 16.3. The van der Waals surface area contributed by atoms with Crippen molar-refractivity contribution in [2.24, 2.45) is 0 Å². The van der Waals surface area contributed by atoms with E-state index in [1.807, 2.05) is 6.20 Å². The van der Waals surface area contributed by atoms with E-state index in [4.69, 9.17) is 4.98 Å². The lowest BCUT2D eigenvalue weighted by Gasteiger charge is -2.29. The highest BCUT2D eigenvalue weighted by molar-refractivity contribution is 5.84. The summed E-state index contributed by atoms with van der Waals surface area (Å²) < 4.78 is 0. The number of nitrogens with zero attached hydrogens (tertiary/aromatic N) is 3. The van der Waals surface area contributed by atoms with Gasteiger partial charge in [0.05, 0.1) is 0 Å². The molecule has 130 valence electrons. The van der Waals surface area contributed by atoms with E-state index in [9.17, 15) is 0 Å². The Kier molecular flexibility index (Phi) is 3.88. The van der Waals surface area contributed by atoms with Gasteiger partial charge < -0.3 is 4.98 Å². The van der Waals surface area contributed by atoms with Gasteiger partial charge in [0.25, 0.3) is 0 Å². The van der Waals surface area contributed by atoms with E-state index in [0.29, 0.717) is 0 Å². The number of aromatic nitrogens is 3. The second kappa shape index (κ2) is 5.95. The molecule has 3 aromatic rings. The second-order valence-corrected chi connectivity index (χ2v) is 8.15. The number of hydrogen-bond acceptors (Lipinski definition) is 3. The lowest BCUT2D eigenvalue weighted by Crippen LogP contribution is -2.32. The third kappa shape index (κ3) is 3.07. The molecule has 3 heterocycles. The molecule has 4 nitrogen and oxygen atoms in total. The molecule has 4 heteroatoms. The summed E-state index contributed by atoms with van der Waals surface area (Å²) in [4.78, 5) is 15.5. The number of nitrogens with one attached hydrogen (secondary N) is 1. The van der Waals surface area contributed by atoms with Gasteiger partial charge in [-0.05, 0) is 18.6 Å². The fourth-order valence-electron chi connectivity index (χ4n) is 3.63. The van der Waals surface area contributed by atoms with Crippen LogP contribution in [0.3, 0.4) is 0 Å². The third-order valence-corrected chi connectivity index (χ3v) is 5.09. The molecule has 0 aliphatic carbocycles. The van der Waals surface area contributed by atoms with Crippen LogP contribution in [0.15, 0.2) is 30.5 Å². The maximum Gasteiger partial charge on any atom is 0.133 e. The van der Waals surface area contributed by atoms with Crippen molar-refractivity contribution in [3.63, 3.8) is 0 Å². The Morgan fingerprint density at radius 2 is 2.00 bits per heavy atom. The van der Waals surface area contributed by atoms with Crippen LogP contribution in [-0.4, -0.2) is 26.4 Å². The number of benzene rings is 1. The van der Waals surface area contributed by atoms with Gasteiger partial charge in [-0.1, -0.05) is 39.0 Å². The van der Waals surface area contributed by atoms with Crippen molar-refractivity contribution in [1.82, 2.24) is 19.9 Å². The number of aryl methyl sites for hydroxylation is 1. The van der Waals surface area contributed by atoms with E-state index < -0.39 is 0 Å². The van der Waals surface area contributed by atoms with Crippen molar-refractivity contribution in [2.45, 2.75) is 52.6 Å². The van der Waals surface area contributed by atoms with E-state index in [0.717, 1.165) is 31.9 Å². The van der Waals surface area contributed by atoms with Gasteiger partial charge in [-0.2, -0.15) is 0 Å². The molecule has 1 aliphatic heterocycles. The summed E-state index contributed by atoms with van der Waals surface area (Å²) in [7, 11) is 0. The molecule has 25 heavy (non-hydrogen) atoms. The van der Waals surface area contributed by atoms with E-state index in [2.05, 4.69) is 66.8 Å². The summed E-state index contributed by atoms with van der Waals surface area (Å²) >= 11 is 0.